The van der Waals surface area contributed by atoms with Crippen molar-refractivity contribution in [1.82, 2.24) is 10.2 Å². The molecule has 1 aliphatic heterocycles. The Morgan fingerprint density at radius 1 is 1.38 bits per heavy atom. The number of nitrogens with zero attached hydrogens (tertiary/aromatic N) is 1. The highest BCUT2D eigenvalue weighted by Crippen LogP contribution is 2.40. The van der Waals surface area contributed by atoms with E-state index in [4.69, 9.17) is 9.84 Å². The number of rotatable bonds is 5. The monoisotopic (exact) mass is 298 g/mol. The summed E-state index contributed by atoms with van der Waals surface area (Å²) in [6.07, 6.45) is 3.98. The highest BCUT2D eigenvalue weighted by atomic mass is 16.5. The molecule has 0 aromatic rings. The number of piperidine rings is 1. The second-order valence-corrected chi connectivity index (χ2v) is 6.73. The topological polar surface area (TPSA) is 78.9 Å². The lowest BCUT2D eigenvalue weighted by Crippen LogP contribution is -2.53. The van der Waals surface area contributed by atoms with Gasteiger partial charge in [0.15, 0.2) is 0 Å². The van der Waals surface area contributed by atoms with E-state index in [2.05, 4.69) is 5.32 Å². The Balaban J connectivity index is 1.86. The van der Waals surface area contributed by atoms with Crippen LogP contribution in [0.4, 0.5) is 4.79 Å². The van der Waals surface area contributed by atoms with Gasteiger partial charge in [0.2, 0.25) is 0 Å². The summed E-state index contributed by atoms with van der Waals surface area (Å²) < 4.78 is 5.25. The summed E-state index contributed by atoms with van der Waals surface area (Å²) in [6, 6.07) is -0.143. The molecule has 2 aliphatic rings. The van der Waals surface area contributed by atoms with Gasteiger partial charge in [-0.3, -0.25) is 4.79 Å². The van der Waals surface area contributed by atoms with E-state index in [0.29, 0.717) is 32.7 Å². The number of aliphatic carboxylic acids is 1. The molecule has 0 aromatic heterocycles. The van der Waals surface area contributed by atoms with Crippen LogP contribution in [0.15, 0.2) is 0 Å². The number of nitrogens with one attached hydrogen (secondary N) is 1. The quantitative estimate of drug-likeness (QED) is 0.807. The van der Waals surface area contributed by atoms with Gasteiger partial charge in [0, 0.05) is 32.2 Å². The van der Waals surface area contributed by atoms with E-state index in [1.165, 1.54) is 6.42 Å². The van der Waals surface area contributed by atoms with Crippen molar-refractivity contribution < 1.29 is 19.4 Å². The van der Waals surface area contributed by atoms with Crippen LogP contribution >= 0.6 is 0 Å². The van der Waals surface area contributed by atoms with Crippen molar-refractivity contribution in [3.05, 3.63) is 0 Å². The van der Waals surface area contributed by atoms with Crippen LogP contribution in [-0.4, -0.2) is 55.4 Å². The summed E-state index contributed by atoms with van der Waals surface area (Å²) in [5.74, 6) is -1.03. The van der Waals surface area contributed by atoms with Gasteiger partial charge in [0.05, 0.1) is 12.5 Å². The fraction of sp³-hybridized carbons (Fsp3) is 0.867. The fourth-order valence-corrected chi connectivity index (χ4v) is 3.43. The van der Waals surface area contributed by atoms with Crippen molar-refractivity contribution in [3.8, 4) is 0 Å². The predicted octanol–water partition coefficient (Wildman–Crippen LogP) is 1.56. The van der Waals surface area contributed by atoms with Crippen molar-refractivity contribution in [2.24, 2.45) is 17.3 Å². The first-order valence-corrected chi connectivity index (χ1v) is 7.70. The molecule has 0 aromatic carbocycles. The van der Waals surface area contributed by atoms with Crippen molar-refractivity contribution in [2.75, 3.05) is 33.4 Å². The lowest BCUT2D eigenvalue weighted by molar-refractivity contribution is -0.143. The van der Waals surface area contributed by atoms with Crippen LogP contribution in [0, 0.1) is 17.3 Å². The van der Waals surface area contributed by atoms with E-state index >= 15 is 0 Å². The third-order valence-electron chi connectivity index (χ3n) is 4.78. The molecule has 0 spiro atoms. The number of carbonyl (C=O) groups excluding carboxylic acids is 1. The number of methoxy groups -OCH3 is 1. The average molecular weight is 298 g/mol. The largest absolute Gasteiger partial charge is 0.481 e. The van der Waals surface area contributed by atoms with Crippen molar-refractivity contribution >= 4 is 12.0 Å². The number of carboxylic acids is 1. The van der Waals surface area contributed by atoms with E-state index in [-0.39, 0.29) is 17.4 Å². The van der Waals surface area contributed by atoms with Crippen LogP contribution < -0.4 is 5.32 Å². The zero-order valence-electron chi connectivity index (χ0n) is 12.9. The molecule has 0 bridgehead atoms. The molecule has 2 atom stereocenters. The van der Waals surface area contributed by atoms with Gasteiger partial charge in [-0.25, -0.2) is 4.79 Å². The minimum Gasteiger partial charge on any atom is -0.481 e. The highest BCUT2D eigenvalue weighted by Gasteiger charge is 2.38. The number of hydrogen-bond acceptors (Lipinski definition) is 3. The maximum absolute atomic E-state index is 12.3. The molecule has 120 valence electrons. The molecule has 1 saturated heterocycles. The van der Waals surface area contributed by atoms with Crippen LogP contribution in [0.5, 0.6) is 0 Å². The van der Waals surface area contributed by atoms with Crippen LogP contribution in [0.2, 0.25) is 0 Å². The molecule has 2 unspecified atom stereocenters. The van der Waals surface area contributed by atoms with Crippen LogP contribution in [-0.2, 0) is 9.53 Å². The van der Waals surface area contributed by atoms with Crippen LogP contribution in [0.3, 0.4) is 0 Å². The Morgan fingerprint density at radius 2 is 2.10 bits per heavy atom. The summed E-state index contributed by atoms with van der Waals surface area (Å²) in [5, 5.41) is 12.1. The Hall–Kier alpha value is -1.30. The average Bonchev–Trinajstić information content (AvgIpc) is 2.40. The van der Waals surface area contributed by atoms with Crippen molar-refractivity contribution in [2.45, 2.75) is 32.6 Å². The van der Waals surface area contributed by atoms with Gasteiger partial charge < -0.3 is 20.1 Å². The molecular weight excluding hydrogens is 272 g/mol. The third kappa shape index (κ3) is 3.87. The predicted molar refractivity (Wildman–Crippen MR) is 78.0 cm³/mol. The second kappa shape index (κ2) is 6.64. The van der Waals surface area contributed by atoms with E-state index in [1.807, 2.05) is 6.92 Å². The Kier molecular flexibility index (Phi) is 5.08. The first-order chi connectivity index (χ1) is 9.96. The number of carboxylic acid groups (broad SMARTS) is 1. The normalized spacial score (nSPS) is 27.8. The van der Waals surface area contributed by atoms with Gasteiger partial charge in [-0.2, -0.15) is 0 Å². The molecule has 1 aliphatic carbocycles. The number of carbonyl (C=O) groups is 2. The maximum atomic E-state index is 12.3. The second-order valence-electron chi connectivity index (χ2n) is 6.73. The van der Waals surface area contributed by atoms with Crippen molar-refractivity contribution in [1.29, 1.82) is 0 Å². The molecule has 2 amide bonds. The van der Waals surface area contributed by atoms with Gasteiger partial charge in [0.25, 0.3) is 0 Å². The van der Waals surface area contributed by atoms with Gasteiger partial charge in [-0.15, -0.1) is 0 Å². The summed E-state index contributed by atoms with van der Waals surface area (Å²) in [6.45, 7) is 4.22. The minimum atomic E-state index is -0.811. The molecule has 2 N–H and O–H groups in total. The van der Waals surface area contributed by atoms with Gasteiger partial charge in [0.1, 0.15) is 0 Å². The van der Waals surface area contributed by atoms with Gasteiger partial charge >= 0.3 is 12.0 Å². The molecule has 1 saturated carbocycles. The summed E-state index contributed by atoms with van der Waals surface area (Å²) in [7, 11) is 1.69. The zero-order chi connectivity index (χ0) is 15.5. The Bertz CT molecular complexity index is 395. The lowest BCUT2D eigenvalue weighted by Gasteiger charge is -2.42. The molecule has 0 radical (unpaired) electrons. The number of likely N-dealkylation sites (tertiary alicyclic amines) is 1. The molecular formula is C15H26N2O4. The Labute approximate surface area is 125 Å². The number of ether oxygens (including phenoxy) is 1. The number of hydrogen-bond donors (Lipinski definition) is 2. The summed E-state index contributed by atoms with van der Waals surface area (Å²) >= 11 is 0. The minimum absolute atomic E-state index is 0.0814. The molecule has 6 nitrogen and oxygen atoms in total. The molecule has 2 fully saturated rings. The third-order valence-corrected chi connectivity index (χ3v) is 4.78. The van der Waals surface area contributed by atoms with Crippen LogP contribution in [0.1, 0.15) is 32.6 Å². The number of urea groups is 1. The van der Waals surface area contributed by atoms with Gasteiger partial charge in [-0.05, 0) is 25.2 Å². The van der Waals surface area contributed by atoms with Crippen molar-refractivity contribution in [3.63, 3.8) is 0 Å². The Morgan fingerprint density at radius 3 is 2.62 bits per heavy atom. The lowest BCUT2D eigenvalue weighted by atomic mass is 9.69. The van der Waals surface area contributed by atoms with Crippen LogP contribution in [0.25, 0.3) is 0 Å². The van der Waals surface area contributed by atoms with E-state index in [9.17, 15) is 9.59 Å². The SMILES string of the molecule is COCC1(CNC(=O)N2CC(C)CC(C(=O)O)C2)CCC1. The first-order valence-electron chi connectivity index (χ1n) is 7.70. The van der Waals surface area contributed by atoms with E-state index in [1.54, 1.807) is 12.0 Å². The molecule has 21 heavy (non-hydrogen) atoms. The molecule has 6 heteroatoms. The first kappa shape index (κ1) is 16.1. The summed E-state index contributed by atoms with van der Waals surface area (Å²) in [4.78, 5) is 25.1. The molecule has 1 heterocycles. The summed E-state index contributed by atoms with van der Waals surface area (Å²) in [5.41, 5.74) is 0.0814. The van der Waals surface area contributed by atoms with Gasteiger partial charge in [-0.1, -0.05) is 13.3 Å². The standard InChI is InChI=1S/C15H26N2O4/c1-11-6-12(13(18)19)8-17(7-11)14(20)16-9-15(10-21-2)4-3-5-15/h11-12H,3-10H2,1-2H3,(H,16,20)(H,18,19). The zero-order valence-corrected chi connectivity index (χ0v) is 12.9. The number of amides is 2. The smallest absolute Gasteiger partial charge is 0.317 e. The fourth-order valence-electron chi connectivity index (χ4n) is 3.43. The van der Waals surface area contributed by atoms with E-state index in [0.717, 1.165) is 12.8 Å². The maximum Gasteiger partial charge on any atom is 0.317 e. The van der Waals surface area contributed by atoms with E-state index < -0.39 is 11.9 Å². The molecule has 2 rings (SSSR count). The highest BCUT2D eigenvalue weighted by molar-refractivity contribution is 5.76.